The summed E-state index contributed by atoms with van der Waals surface area (Å²) in [6, 6.07) is 7.66. The monoisotopic (exact) mass is 334 g/mol. The molecule has 1 aromatic carbocycles. The van der Waals surface area contributed by atoms with E-state index in [4.69, 9.17) is 20.9 Å². The van der Waals surface area contributed by atoms with Crippen LogP contribution in [-0.2, 0) is 25.6 Å². The van der Waals surface area contributed by atoms with Gasteiger partial charge in [0, 0.05) is 0 Å². The predicted molar refractivity (Wildman–Crippen MR) is 88.9 cm³/mol. The van der Waals surface area contributed by atoms with Crippen molar-refractivity contribution in [1.29, 1.82) is 0 Å². The van der Waals surface area contributed by atoms with Crippen molar-refractivity contribution in [2.45, 2.75) is 13.8 Å². The predicted octanol–water partition coefficient (Wildman–Crippen LogP) is 2.46. The number of carbonyl (C=O) groups is 1. The summed E-state index contributed by atoms with van der Waals surface area (Å²) in [4.78, 5) is 10.2. The zero-order valence-corrected chi connectivity index (χ0v) is 14.0. The summed E-state index contributed by atoms with van der Waals surface area (Å²) < 4.78 is 14.6. The molecule has 1 aromatic rings. The van der Waals surface area contributed by atoms with E-state index in [0.717, 1.165) is 11.0 Å². The maximum atomic E-state index is 10.2. The first-order chi connectivity index (χ1) is 9.68. The van der Waals surface area contributed by atoms with Gasteiger partial charge < -0.3 is 19.1 Å². The van der Waals surface area contributed by atoms with Crippen LogP contribution < -0.4 is 15.3 Å². The molecule has 20 heavy (non-hydrogen) atoms. The van der Waals surface area contributed by atoms with Gasteiger partial charge in [-0.25, -0.2) is 0 Å². The van der Waals surface area contributed by atoms with Crippen LogP contribution >= 0.6 is 18.4 Å². The summed E-state index contributed by atoms with van der Waals surface area (Å²) in [6.45, 7) is 2.32. The Morgan fingerprint density at radius 2 is 1.95 bits per heavy atom. The quantitative estimate of drug-likeness (QED) is 0.225. The Morgan fingerprint density at radius 3 is 2.55 bits per heavy atom. The van der Waals surface area contributed by atoms with Crippen molar-refractivity contribution in [1.82, 2.24) is 5.32 Å². The first-order valence-electron chi connectivity index (χ1n) is 6.21. The lowest BCUT2D eigenvalue weighted by atomic mass is 10.3. The highest BCUT2D eigenvalue weighted by Crippen LogP contribution is 2.49. The second kappa shape index (κ2) is 9.37. The minimum absolute atomic E-state index is 0.462. The lowest BCUT2D eigenvalue weighted by Gasteiger charge is -2.23. The topological polar surface area (TPSA) is 59.6 Å². The van der Waals surface area contributed by atoms with E-state index in [9.17, 15) is 4.79 Å². The van der Waals surface area contributed by atoms with Gasteiger partial charge in [-0.3, -0.25) is 4.79 Å². The van der Waals surface area contributed by atoms with Gasteiger partial charge in [-0.15, -0.1) is 0 Å². The van der Waals surface area contributed by atoms with Gasteiger partial charge in [0.25, 0.3) is 0 Å². The fourth-order valence-electron chi connectivity index (χ4n) is 1.50. The summed E-state index contributed by atoms with van der Waals surface area (Å²) in [7, 11) is 0. The molecule has 2 N–H and O–H groups in total. The van der Waals surface area contributed by atoms with Crippen LogP contribution in [0, 0.1) is 0 Å². The van der Waals surface area contributed by atoms with E-state index in [1.165, 1.54) is 11.9 Å². The maximum absolute atomic E-state index is 10.2. The molecule has 0 aliphatic heterocycles. The van der Waals surface area contributed by atoms with E-state index in [1.807, 2.05) is 38.1 Å². The number of benzene rings is 1. The third kappa shape index (κ3) is 5.07. The molecule has 0 spiro atoms. The zero-order chi connectivity index (χ0) is 14.8. The van der Waals surface area contributed by atoms with Crippen LogP contribution in [-0.4, -0.2) is 25.5 Å². The number of rotatable bonds is 10. The van der Waals surface area contributed by atoms with Crippen LogP contribution in [0.15, 0.2) is 24.3 Å². The molecule has 0 aliphatic rings. The fraction of sp³-hybridized carbons (Fsp3) is 0.417. The highest BCUT2D eigenvalue weighted by atomic mass is 32.5. The van der Waals surface area contributed by atoms with E-state index in [2.05, 4.69) is 10.0 Å². The first kappa shape index (κ1) is 17.5. The zero-order valence-electron chi connectivity index (χ0n) is 11.5. The number of hydrogen-bond donors (Lipinski definition) is 2. The van der Waals surface area contributed by atoms with Gasteiger partial charge in [0.1, 0.15) is 0 Å². The van der Waals surface area contributed by atoms with Crippen molar-refractivity contribution in [2.24, 2.45) is 0 Å². The van der Waals surface area contributed by atoms with Gasteiger partial charge in [-0.2, -0.15) is 0 Å². The molecule has 1 rings (SSSR count). The van der Waals surface area contributed by atoms with E-state index in [0.29, 0.717) is 25.5 Å². The number of para-hydroxylation sites is 1. The molecule has 0 aromatic heterocycles. The largest absolute Gasteiger partial charge is 0.348 e. The van der Waals surface area contributed by atoms with E-state index < -0.39 is 6.49 Å². The third-order valence-electron chi connectivity index (χ3n) is 2.22. The SMILES string of the molecule is CCOP(=S)(OCC)c1ccccc1NSCNC=O. The lowest BCUT2D eigenvalue weighted by molar-refractivity contribution is -0.109. The molecule has 1 amide bonds. The minimum atomic E-state index is -2.50. The molecule has 0 fully saturated rings. The van der Waals surface area contributed by atoms with Crippen LogP contribution in [0.1, 0.15) is 13.8 Å². The van der Waals surface area contributed by atoms with Crippen LogP contribution in [0.5, 0.6) is 0 Å². The standard InChI is InChI=1S/C12H19N2O3PS2/c1-3-16-18(19,17-4-2)12-8-6-5-7-11(12)14-20-10-13-9-15/h5-9,14H,3-4,10H2,1-2H3,(H,13,15). The average molecular weight is 334 g/mol. The van der Waals surface area contributed by atoms with Crippen molar-refractivity contribution >= 4 is 47.6 Å². The summed E-state index contributed by atoms with van der Waals surface area (Å²) in [5.74, 6) is 0.462. The molecule has 0 saturated heterocycles. The minimum Gasteiger partial charge on any atom is -0.348 e. The van der Waals surface area contributed by atoms with E-state index >= 15 is 0 Å². The van der Waals surface area contributed by atoms with Crippen molar-refractivity contribution in [3.8, 4) is 0 Å². The Hall–Kier alpha value is -0.590. The van der Waals surface area contributed by atoms with Crippen molar-refractivity contribution in [2.75, 3.05) is 23.8 Å². The van der Waals surface area contributed by atoms with Crippen molar-refractivity contribution in [3.05, 3.63) is 24.3 Å². The number of amides is 1. The van der Waals surface area contributed by atoms with Crippen molar-refractivity contribution in [3.63, 3.8) is 0 Å². The molecule has 0 heterocycles. The molecular formula is C12H19N2O3PS2. The van der Waals surface area contributed by atoms with Crippen LogP contribution in [0.2, 0.25) is 0 Å². The summed E-state index contributed by atoms with van der Waals surface area (Å²) >= 11 is 6.97. The average Bonchev–Trinajstić information content (AvgIpc) is 2.44. The molecule has 8 heteroatoms. The van der Waals surface area contributed by atoms with Crippen LogP contribution in [0.4, 0.5) is 5.69 Å². The molecule has 0 bridgehead atoms. The second-order valence-electron chi connectivity index (χ2n) is 3.56. The summed E-state index contributed by atoms with van der Waals surface area (Å²) in [5.41, 5.74) is 0.857. The number of carbonyl (C=O) groups excluding carboxylic acids is 1. The first-order valence-corrected chi connectivity index (χ1v) is 9.83. The number of nitrogens with one attached hydrogen (secondary N) is 2. The maximum Gasteiger partial charge on any atom is 0.221 e. The van der Waals surface area contributed by atoms with Gasteiger partial charge in [0.15, 0.2) is 0 Å². The molecule has 5 nitrogen and oxygen atoms in total. The molecular weight excluding hydrogens is 315 g/mol. The second-order valence-corrected chi connectivity index (χ2v) is 7.78. The Kier molecular flexibility index (Phi) is 8.18. The summed E-state index contributed by atoms with van der Waals surface area (Å²) in [5, 5.41) is 3.43. The van der Waals surface area contributed by atoms with Crippen LogP contribution in [0.3, 0.4) is 0 Å². The van der Waals surface area contributed by atoms with Gasteiger partial charge in [-0.05, 0) is 49.7 Å². The lowest BCUT2D eigenvalue weighted by Crippen LogP contribution is -2.16. The molecule has 112 valence electrons. The Morgan fingerprint density at radius 1 is 1.30 bits per heavy atom. The van der Waals surface area contributed by atoms with E-state index in [1.54, 1.807) is 0 Å². The van der Waals surface area contributed by atoms with Gasteiger partial charge >= 0.3 is 0 Å². The Balaban J connectivity index is 2.91. The molecule has 0 saturated carbocycles. The van der Waals surface area contributed by atoms with Crippen LogP contribution in [0.25, 0.3) is 0 Å². The van der Waals surface area contributed by atoms with Crippen molar-refractivity contribution < 1.29 is 13.8 Å². The summed E-state index contributed by atoms with van der Waals surface area (Å²) in [6.07, 6.45) is 0.658. The molecule has 0 radical (unpaired) electrons. The number of hydrogen-bond acceptors (Lipinski definition) is 6. The Bertz CT molecular complexity index is 464. The fourth-order valence-corrected chi connectivity index (χ4v) is 4.97. The molecule has 0 atom stereocenters. The highest BCUT2D eigenvalue weighted by Gasteiger charge is 2.24. The van der Waals surface area contributed by atoms with Gasteiger partial charge in [-0.1, -0.05) is 12.1 Å². The normalized spacial score (nSPS) is 11.1. The Labute approximate surface area is 129 Å². The molecule has 0 aliphatic carbocycles. The molecule has 0 unspecified atom stereocenters. The number of anilines is 1. The van der Waals surface area contributed by atoms with E-state index in [-0.39, 0.29) is 0 Å². The van der Waals surface area contributed by atoms with Gasteiger partial charge in [0.05, 0.1) is 30.1 Å². The third-order valence-corrected chi connectivity index (χ3v) is 6.29. The van der Waals surface area contributed by atoms with Gasteiger partial charge in [0.2, 0.25) is 12.9 Å². The highest BCUT2D eigenvalue weighted by molar-refractivity contribution is 8.13. The smallest absolute Gasteiger partial charge is 0.221 e.